The van der Waals surface area contributed by atoms with Crippen LogP contribution < -0.4 is 0 Å². The van der Waals surface area contributed by atoms with E-state index in [1.54, 1.807) is 0 Å². The summed E-state index contributed by atoms with van der Waals surface area (Å²) in [6.45, 7) is 9.44. The molecule has 0 aromatic heterocycles. The molecule has 0 aromatic carbocycles. The number of rotatable bonds is 1. The van der Waals surface area contributed by atoms with Gasteiger partial charge in [0.25, 0.3) is 0 Å². The molecule has 0 spiro atoms. The summed E-state index contributed by atoms with van der Waals surface area (Å²) in [5.74, 6) is 0. The molecule has 0 nitrogen and oxygen atoms in total. The van der Waals surface area contributed by atoms with Crippen LogP contribution in [0.15, 0.2) is 12.2 Å². The van der Waals surface area contributed by atoms with Crippen molar-refractivity contribution in [2.24, 2.45) is 0 Å². The molecule has 3 radical (unpaired) electrons. The Hall–Kier alpha value is 0.273. The number of hydrogen-bond acceptors (Lipinski definition) is 0. The van der Waals surface area contributed by atoms with Gasteiger partial charge in [-0.05, 0) is 0 Å². The second-order valence-electron chi connectivity index (χ2n) is 0.385. The van der Waals surface area contributed by atoms with Crippen LogP contribution in [0.4, 0.5) is 0 Å². The van der Waals surface area contributed by atoms with Gasteiger partial charge in [0.15, 0.2) is 0 Å². The van der Waals surface area contributed by atoms with E-state index in [1.807, 2.05) is 0 Å². The van der Waals surface area contributed by atoms with Crippen LogP contribution in [-0.4, -0.2) is 26.2 Å². The average molecular weight is 263 g/mol. The minimum absolute atomic E-state index is 0. The van der Waals surface area contributed by atoms with Crippen molar-refractivity contribution in [3.05, 3.63) is 25.3 Å². The Balaban J connectivity index is -0.0000000450. The third kappa shape index (κ3) is 13.6. The third-order valence-corrected chi connectivity index (χ3v) is 0.111. The van der Waals surface area contributed by atoms with E-state index in [1.165, 1.54) is 12.2 Å². The second-order valence-corrected chi connectivity index (χ2v) is 0.385. The minimum atomic E-state index is 0. The standard InChI is InChI=1S/C4H4.Bi.H2/c1-3-4-2;;/h1-4H;;1H. The summed E-state index contributed by atoms with van der Waals surface area (Å²) in [6, 6.07) is 0. The molecule has 0 saturated heterocycles. The Bertz CT molecular complexity index is 28.5. The topological polar surface area (TPSA) is 0 Å². The Kier molecular flexibility index (Phi) is 15.9. The Morgan fingerprint density at radius 1 is 1.80 bits per heavy atom. The van der Waals surface area contributed by atoms with Crippen molar-refractivity contribution in [3.63, 3.8) is 0 Å². The molecule has 0 N–H and O–H groups in total. The summed E-state index contributed by atoms with van der Waals surface area (Å²) in [7, 11) is 0. The molecule has 0 rings (SSSR count). The van der Waals surface area contributed by atoms with Gasteiger partial charge in [-0.2, -0.15) is 6.58 Å². The van der Waals surface area contributed by atoms with Crippen LogP contribution in [0, 0.1) is 13.2 Å². The maximum Gasteiger partial charge on any atom is 0.00639 e. The van der Waals surface area contributed by atoms with Crippen molar-refractivity contribution in [1.82, 2.24) is 0 Å². The average Bonchev–Trinajstić information content (AvgIpc) is 1.37. The van der Waals surface area contributed by atoms with Crippen LogP contribution in [-0.2, 0) is 0 Å². The molecule has 0 saturated carbocycles. The van der Waals surface area contributed by atoms with Gasteiger partial charge in [-0.25, -0.2) is 0 Å². The predicted octanol–water partition coefficient (Wildman–Crippen LogP) is 0.830. The van der Waals surface area contributed by atoms with E-state index >= 15 is 0 Å². The summed E-state index contributed by atoms with van der Waals surface area (Å²) in [4.78, 5) is 0. The summed E-state index contributed by atoms with van der Waals surface area (Å²) in [6.07, 6.45) is 2.56. The summed E-state index contributed by atoms with van der Waals surface area (Å²) in [5.41, 5.74) is 0. The fourth-order valence-electron chi connectivity index (χ4n) is 0. The molecular weight excluding hydrogens is 257 g/mol. The van der Waals surface area contributed by atoms with Crippen LogP contribution in [0.3, 0.4) is 0 Å². The van der Waals surface area contributed by atoms with E-state index in [9.17, 15) is 0 Å². The quantitative estimate of drug-likeness (QED) is 0.373. The number of hydrogen-bond donors (Lipinski definition) is 0. The Morgan fingerprint density at radius 2 is 2.00 bits per heavy atom. The van der Waals surface area contributed by atoms with Crippen LogP contribution in [0.1, 0.15) is 1.43 Å². The van der Waals surface area contributed by atoms with Crippen molar-refractivity contribution in [1.29, 1.82) is 0 Å². The molecule has 0 atom stereocenters. The van der Waals surface area contributed by atoms with Gasteiger partial charge in [0.1, 0.15) is 0 Å². The largest absolute Gasteiger partial charge is 0.187 e. The van der Waals surface area contributed by atoms with E-state index in [0.29, 0.717) is 0 Å². The van der Waals surface area contributed by atoms with E-state index in [-0.39, 0.29) is 27.6 Å². The molecule has 0 fully saturated rings. The molecule has 0 aromatic rings. The molecule has 0 aliphatic heterocycles. The Morgan fingerprint density at radius 3 is 2.00 bits per heavy atom. The molecule has 5 heavy (non-hydrogen) atoms. The van der Waals surface area contributed by atoms with Gasteiger partial charge in [-0.15, -0.1) is 6.08 Å². The second kappa shape index (κ2) is 8.86. The molecule has 27 valence electrons. The number of allylic oxidation sites excluding steroid dienone is 2. The van der Waals surface area contributed by atoms with Crippen LogP contribution in [0.2, 0.25) is 0 Å². The molecule has 0 aliphatic carbocycles. The van der Waals surface area contributed by atoms with Crippen molar-refractivity contribution >= 4 is 26.2 Å². The first-order chi connectivity index (χ1) is 1.91. The monoisotopic (exact) mass is 263 g/mol. The van der Waals surface area contributed by atoms with Gasteiger partial charge < -0.3 is 0 Å². The first kappa shape index (κ1) is 8.99. The van der Waals surface area contributed by atoms with Gasteiger partial charge >= 0.3 is 0 Å². The molecule has 0 heterocycles. The fraction of sp³-hybridized carbons (Fsp3) is 0. The molecular formula is C4H6Bi. The smallest absolute Gasteiger partial charge is 0.00639 e. The van der Waals surface area contributed by atoms with Gasteiger partial charge in [0.05, 0.1) is 0 Å². The predicted molar refractivity (Wildman–Crippen MR) is 25.6 cm³/mol. The molecule has 0 unspecified atom stereocenters. The first-order valence-electron chi connectivity index (χ1n) is 1.00. The minimum Gasteiger partial charge on any atom is -0.187 e. The van der Waals surface area contributed by atoms with Crippen LogP contribution >= 0.6 is 0 Å². The van der Waals surface area contributed by atoms with Crippen LogP contribution in [0.25, 0.3) is 0 Å². The summed E-state index contributed by atoms with van der Waals surface area (Å²) in [5, 5.41) is 0. The summed E-state index contributed by atoms with van der Waals surface area (Å²) < 4.78 is 0. The maximum absolute atomic E-state index is 4.72. The van der Waals surface area contributed by atoms with Crippen molar-refractivity contribution < 1.29 is 1.43 Å². The zero-order valence-electron chi connectivity index (χ0n) is 2.76. The van der Waals surface area contributed by atoms with Gasteiger partial charge in [-0.3, -0.25) is 0 Å². The fourth-order valence-corrected chi connectivity index (χ4v) is 0. The normalized spacial score (nSPS) is 3.80. The first-order valence-corrected chi connectivity index (χ1v) is 1.00. The molecule has 0 amide bonds. The van der Waals surface area contributed by atoms with E-state index in [0.717, 1.165) is 0 Å². The van der Waals surface area contributed by atoms with Gasteiger partial charge in [0, 0.05) is 33.7 Å². The van der Waals surface area contributed by atoms with E-state index in [4.69, 9.17) is 13.2 Å². The Labute approximate surface area is 53.2 Å². The zero-order chi connectivity index (χ0) is 3.41. The van der Waals surface area contributed by atoms with E-state index in [2.05, 4.69) is 0 Å². The van der Waals surface area contributed by atoms with Crippen LogP contribution in [0.5, 0.6) is 0 Å². The molecule has 0 bridgehead atoms. The molecule has 0 aliphatic rings. The van der Waals surface area contributed by atoms with Crippen molar-refractivity contribution in [2.45, 2.75) is 0 Å². The van der Waals surface area contributed by atoms with Crippen molar-refractivity contribution in [3.8, 4) is 0 Å². The SMILES string of the molecule is [Bi].[CH+]=CC=[CH-].[HH]. The molecule has 1 heteroatoms. The third-order valence-electron chi connectivity index (χ3n) is 0.111. The van der Waals surface area contributed by atoms with Crippen molar-refractivity contribution in [2.75, 3.05) is 0 Å². The summed E-state index contributed by atoms with van der Waals surface area (Å²) >= 11 is 0. The van der Waals surface area contributed by atoms with Gasteiger partial charge in [0.2, 0.25) is 0 Å². The van der Waals surface area contributed by atoms with Gasteiger partial charge in [-0.1, -0.05) is 6.58 Å². The maximum atomic E-state index is 4.72. The zero-order valence-corrected chi connectivity index (χ0v) is 6.23. The van der Waals surface area contributed by atoms with E-state index < -0.39 is 0 Å².